The number of nitrogens with two attached hydrogens (primary N) is 6. The second-order valence-electron chi connectivity index (χ2n) is 23.4. The molecule has 4 heterocycles. The van der Waals surface area contributed by atoms with Gasteiger partial charge in [0, 0.05) is 79.4 Å². The Morgan fingerprint density at radius 1 is 0.670 bits per heavy atom. The lowest BCUT2D eigenvalue weighted by atomic mass is 10.0. The summed E-state index contributed by atoms with van der Waals surface area (Å²) in [4.78, 5) is 202. The number of amides is 12. The summed E-state index contributed by atoms with van der Waals surface area (Å²) in [7, 11) is 1.67. The summed E-state index contributed by atoms with van der Waals surface area (Å²) in [5.41, 5.74) is 35.9. The van der Waals surface area contributed by atoms with Gasteiger partial charge in [-0.05, 0) is 62.6 Å². The molecule has 0 saturated carbocycles. The molecular weight excluding hydrogens is 1340 g/mol. The number of carboxylic acid groups (broad SMARTS) is 1. The molecule has 26 N–H and O–H groups in total. The first kappa shape index (κ1) is 78.5. The molecule has 12 amide bonds. The number of guanidine groups is 2. The molecule has 2 fully saturated rings. The van der Waals surface area contributed by atoms with Gasteiger partial charge in [0.2, 0.25) is 70.9 Å². The van der Waals surface area contributed by atoms with E-state index in [1.807, 2.05) is 0 Å². The molecule has 2 aliphatic heterocycles. The zero-order valence-corrected chi connectivity index (χ0v) is 56.2. The van der Waals surface area contributed by atoms with Crippen molar-refractivity contribution < 1.29 is 72.5 Å². The Morgan fingerprint density at radius 3 is 1.87 bits per heavy atom. The minimum absolute atomic E-state index is 0.0343. The second-order valence-corrected chi connectivity index (χ2v) is 26.0. The predicted molar refractivity (Wildman–Crippen MR) is 366 cm³/mol. The Kier molecular flexibility index (Phi) is 30.7. The monoisotopic (exact) mass is 1430 g/mol. The van der Waals surface area contributed by atoms with Crippen molar-refractivity contribution in [2.75, 3.05) is 44.3 Å². The van der Waals surface area contributed by atoms with Gasteiger partial charge in [0.1, 0.15) is 66.5 Å². The number of primary amides is 1. The lowest BCUT2D eigenvalue weighted by molar-refractivity contribution is -0.146. The molecule has 2 aromatic heterocycles. The van der Waals surface area contributed by atoms with E-state index in [0.717, 1.165) is 26.5 Å². The minimum Gasteiger partial charge on any atom is -0.481 e. The van der Waals surface area contributed by atoms with E-state index in [0.29, 0.717) is 27.7 Å². The number of aromatic nitrogens is 3. The maximum absolute atomic E-state index is 14.8. The van der Waals surface area contributed by atoms with E-state index >= 15 is 0 Å². The number of aliphatic hydroxyl groups excluding tert-OH is 1. The largest absolute Gasteiger partial charge is 0.481 e. The maximum Gasteiger partial charge on any atom is 0.305 e. The van der Waals surface area contributed by atoms with Gasteiger partial charge < -0.3 is 113 Å². The van der Waals surface area contributed by atoms with Crippen molar-refractivity contribution in [3.63, 3.8) is 0 Å². The molecule has 0 radical (unpaired) electrons. The Labute approximate surface area is 580 Å². The van der Waals surface area contributed by atoms with Crippen LogP contribution in [-0.4, -0.2) is 230 Å². The number of aliphatic imine (C=N–C) groups is 2. The van der Waals surface area contributed by atoms with Gasteiger partial charge in [0.05, 0.1) is 25.9 Å². The average molecular weight is 1430 g/mol. The quantitative estimate of drug-likeness (QED) is 0.0150. The van der Waals surface area contributed by atoms with Crippen molar-refractivity contribution in [2.45, 2.75) is 138 Å². The summed E-state index contributed by atoms with van der Waals surface area (Å²) < 4.78 is 0. The Bertz CT molecular complexity index is 3590. The molecule has 0 unspecified atom stereocenters. The van der Waals surface area contributed by atoms with E-state index in [-0.39, 0.29) is 95.1 Å². The number of carbonyl (C=O) groups excluding carboxylic acids is 12. The third-order valence-corrected chi connectivity index (χ3v) is 18.3. The number of aliphatic carboxylic acids is 1. The highest BCUT2D eigenvalue weighted by atomic mass is 33.1. The van der Waals surface area contributed by atoms with Crippen molar-refractivity contribution in [3.8, 4) is 0 Å². The Morgan fingerprint density at radius 2 is 1.24 bits per heavy atom. The van der Waals surface area contributed by atoms with E-state index < -0.39 is 169 Å². The number of para-hydroxylation sites is 1. The minimum atomic E-state index is -1.98. The lowest BCUT2D eigenvalue weighted by Gasteiger charge is -2.30. The van der Waals surface area contributed by atoms with Crippen LogP contribution in [-0.2, 0) is 81.6 Å². The van der Waals surface area contributed by atoms with Crippen LogP contribution in [0.15, 0.2) is 83.3 Å². The summed E-state index contributed by atoms with van der Waals surface area (Å²) in [6.45, 7) is -0.671. The highest BCUT2D eigenvalue weighted by molar-refractivity contribution is 8.76. The van der Waals surface area contributed by atoms with Gasteiger partial charge in [-0.25, -0.2) is 4.98 Å². The number of carboxylic acids is 1. The number of nitrogens with zero attached hydrogens (tertiary/aromatic N) is 4. The van der Waals surface area contributed by atoms with Gasteiger partial charge in [0.15, 0.2) is 11.9 Å². The van der Waals surface area contributed by atoms with E-state index in [9.17, 15) is 72.5 Å². The number of hydrogen-bond donors (Lipinski definition) is 20. The summed E-state index contributed by atoms with van der Waals surface area (Å²) >= 11 is 0. The number of H-pyrrole nitrogens is 2. The van der Waals surface area contributed by atoms with Crippen LogP contribution in [0.5, 0.6) is 0 Å². The van der Waals surface area contributed by atoms with Crippen LogP contribution < -0.4 is 87.6 Å². The third-order valence-electron chi connectivity index (χ3n) is 15.9. The third kappa shape index (κ3) is 24.5. The van der Waals surface area contributed by atoms with Crippen molar-refractivity contribution in [3.05, 3.63) is 90.1 Å². The smallest absolute Gasteiger partial charge is 0.305 e. The van der Waals surface area contributed by atoms with E-state index in [4.69, 9.17) is 34.4 Å². The number of carbonyl (C=O) groups is 13. The molecule has 11 atom stereocenters. The Balaban J connectivity index is 1.41. The fourth-order valence-corrected chi connectivity index (χ4v) is 13.0. The molecule has 6 rings (SSSR count). The number of hydrogen-bond acceptors (Lipinski definition) is 20. The number of fused-ring (bicyclic) bond motifs is 2. The van der Waals surface area contributed by atoms with Crippen LogP contribution in [0.25, 0.3) is 10.9 Å². The molecule has 542 valence electrons. The van der Waals surface area contributed by atoms with Crippen LogP contribution in [0.2, 0.25) is 0 Å². The van der Waals surface area contributed by atoms with Crippen molar-refractivity contribution >= 4 is 121 Å². The van der Waals surface area contributed by atoms with Crippen LogP contribution in [0.4, 0.5) is 0 Å². The van der Waals surface area contributed by atoms with Gasteiger partial charge in [0.25, 0.3) is 0 Å². The first-order valence-electron chi connectivity index (χ1n) is 31.8. The predicted octanol–water partition coefficient (Wildman–Crippen LogP) is -6.81. The molecule has 4 aromatic rings. The van der Waals surface area contributed by atoms with Crippen molar-refractivity contribution in [1.29, 1.82) is 0 Å². The molecule has 0 spiro atoms. The van der Waals surface area contributed by atoms with Crippen molar-refractivity contribution in [2.24, 2.45) is 44.4 Å². The molecule has 2 aliphatic rings. The van der Waals surface area contributed by atoms with Crippen molar-refractivity contribution in [1.82, 2.24) is 73.0 Å². The van der Waals surface area contributed by atoms with Crippen LogP contribution >= 0.6 is 21.6 Å². The number of nitrogens with one attached hydrogen (secondary N) is 12. The highest BCUT2D eigenvalue weighted by Crippen LogP contribution is 2.25. The molecule has 100 heavy (non-hydrogen) atoms. The maximum atomic E-state index is 14.8. The van der Waals surface area contributed by atoms with E-state index in [1.54, 1.807) is 60.8 Å². The topological polar surface area (TPSA) is 611 Å². The zero-order valence-electron chi connectivity index (χ0n) is 54.6. The molecular formula is C61H86N22O15S2. The fourth-order valence-electron chi connectivity index (χ4n) is 10.7. The molecule has 0 aliphatic carbocycles. The first-order valence-corrected chi connectivity index (χ1v) is 34.3. The van der Waals surface area contributed by atoms with Gasteiger partial charge in [-0.1, -0.05) is 70.1 Å². The summed E-state index contributed by atoms with van der Waals surface area (Å²) in [5.74, 6) is -14.9. The number of imidazole rings is 1. The molecule has 2 aromatic carbocycles. The normalized spacial score (nSPS) is 23.3. The van der Waals surface area contributed by atoms with Gasteiger partial charge in [-0.3, -0.25) is 72.3 Å². The standard InChI is InChI=1S/C61H86N22O15S2/c1-31-50(89)77-40(21-33-25-71-36-13-6-5-12-35(33)36)54(93)75-37(14-7-17-69-60(64)65)52(91)81-44(49(63)88)28-99-100-29-45(82-55(94)41(74-47(85)24-62)22-34-26-68-30-72-34)57(96)80-43(27-84)56(95)79-42(23-48(86)87)59(98)83-19-9-16-46(83)58(97)76-38(15-8-18-70-61(66)67)51(90)78-39(53(92)73-31)20-32-10-3-2-4-11-32/h2-6,10-13,25-26,30-31,37-46,71,84H,7-9,14-24,27-29,62H2,1H3,(H2,63,88)(H,68,72)(H,73,92)(H,74,85)(H,75,93)(H,76,97)(H,77,89)(H,78,90)(H,79,95)(H,80,96)(H,81,91)(H,82,94)(H,86,87)(H4,64,65,69)(H4,66,67,70)/t31-,37-,38-,39-,40-,41-,42-,43-,44-,45-,46-/m0/s1. The second kappa shape index (κ2) is 39.2. The van der Waals surface area contributed by atoms with Crippen LogP contribution in [0, 0.1) is 0 Å². The van der Waals surface area contributed by atoms with Crippen LogP contribution in [0.1, 0.15) is 68.7 Å². The summed E-state index contributed by atoms with van der Waals surface area (Å²) in [5, 5.41) is 46.8. The summed E-state index contributed by atoms with van der Waals surface area (Å²) in [6, 6.07) is -1.93. The zero-order chi connectivity index (χ0) is 73.0. The number of rotatable bonds is 22. The summed E-state index contributed by atoms with van der Waals surface area (Å²) in [6.07, 6.45) is 2.48. The average Bonchev–Trinajstić information content (AvgIpc) is 1.64. The molecule has 0 bridgehead atoms. The number of benzene rings is 2. The number of aliphatic hydroxyl groups is 1. The Hall–Kier alpha value is -10.5. The van der Waals surface area contributed by atoms with Gasteiger partial charge in [-0.2, -0.15) is 0 Å². The van der Waals surface area contributed by atoms with Gasteiger partial charge >= 0.3 is 5.97 Å². The lowest BCUT2D eigenvalue weighted by Crippen LogP contribution is -2.61. The molecule has 39 heteroatoms. The SMILES string of the molecule is C[C@@H]1NC(=O)[C@H](Cc2ccccc2)NC(=O)[C@H](CCCN=C(N)N)NC(=O)[C@@H]2CCCN2C(=O)[C@H](CC(=O)O)NC(=O)[C@H](CO)NC(=O)[C@@H](NC(=O)[C@H](Cc2cnc[nH]2)NC(=O)CN)CSSC[C@@H](C(N)=O)NC(=O)[C@H](CCCN=C(N)N)NC(=O)[C@H](Cc2c[nH]c3ccccc23)NC1=O. The molecule has 37 nitrogen and oxygen atoms in total. The van der Waals surface area contributed by atoms with Gasteiger partial charge in [-0.15, -0.1) is 0 Å². The van der Waals surface area contributed by atoms with E-state index in [1.165, 1.54) is 19.4 Å². The van der Waals surface area contributed by atoms with Crippen LogP contribution in [0.3, 0.4) is 0 Å². The number of aromatic amines is 2. The fraction of sp³-hybridized carbons (Fsp3) is 0.475. The highest BCUT2D eigenvalue weighted by Gasteiger charge is 2.42. The van der Waals surface area contributed by atoms with E-state index in [2.05, 4.69) is 78.1 Å². The first-order chi connectivity index (χ1) is 47.7. The molecule has 2 saturated heterocycles.